The lowest BCUT2D eigenvalue weighted by molar-refractivity contribution is 0.861. The molecule has 0 spiro atoms. The molecule has 8 rings (SSSR count). The van der Waals surface area contributed by atoms with Crippen molar-refractivity contribution in [3.8, 4) is 11.4 Å². The quantitative estimate of drug-likeness (QED) is 0.172. The Kier molecular flexibility index (Phi) is 6.92. The monoisotopic (exact) mass is 628 g/mol. The van der Waals surface area contributed by atoms with Crippen LogP contribution in [-0.2, 0) is 0 Å². The summed E-state index contributed by atoms with van der Waals surface area (Å²) < 4.78 is 4.62. The van der Waals surface area contributed by atoms with Gasteiger partial charge in [0.1, 0.15) is 19.4 Å². The van der Waals surface area contributed by atoms with E-state index < -0.39 is 8.07 Å². The third-order valence-electron chi connectivity index (χ3n) is 10.1. The van der Waals surface area contributed by atoms with Gasteiger partial charge in [0, 0.05) is 45.3 Å². The molecule has 4 heterocycles. The van der Waals surface area contributed by atoms with Crippen molar-refractivity contribution in [2.45, 2.75) is 52.6 Å². The highest BCUT2D eigenvalue weighted by atomic mass is 28.3. The lowest BCUT2D eigenvalue weighted by atomic mass is 10.0. The predicted molar refractivity (Wildman–Crippen MR) is 202 cm³/mol. The molecule has 0 aliphatic heterocycles. The smallest absolute Gasteiger partial charge is 0.145 e. The van der Waals surface area contributed by atoms with Crippen LogP contribution in [0.25, 0.3) is 55.2 Å². The van der Waals surface area contributed by atoms with E-state index in [0.717, 1.165) is 22.7 Å². The number of benzene rings is 4. The van der Waals surface area contributed by atoms with Crippen molar-refractivity contribution in [1.82, 2.24) is 19.1 Å². The number of aromatic nitrogens is 4. The molecule has 8 aromatic rings. The summed E-state index contributed by atoms with van der Waals surface area (Å²) in [7, 11) is -1.98. The van der Waals surface area contributed by atoms with E-state index in [1.807, 2.05) is 12.4 Å². The van der Waals surface area contributed by atoms with Crippen molar-refractivity contribution in [2.75, 3.05) is 0 Å². The highest BCUT2D eigenvalue weighted by molar-refractivity contribution is 7.00. The van der Waals surface area contributed by atoms with E-state index in [-0.39, 0.29) is 0 Å². The Hall–Kier alpha value is -5.00. The van der Waals surface area contributed by atoms with Gasteiger partial charge in [-0.3, -0.25) is 9.13 Å². The number of nitrogens with zero attached hydrogens (tertiary/aromatic N) is 4. The van der Waals surface area contributed by atoms with Crippen LogP contribution in [0.3, 0.4) is 0 Å². The fourth-order valence-corrected chi connectivity index (χ4v) is 9.43. The fourth-order valence-electron chi connectivity index (χ4n) is 7.10. The molecule has 232 valence electrons. The van der Waals surface area contributed by atoms with E-state index >= 15 is 0 Å². The van der Waals surface area contributed by atoms with Crippen LogP contribution in [0.2, 0.25) is 13.1 Å². The number of fused-ring (bicyclic) bond motifs is 6. The molecular weight excluding hydrogens is 589 g/mol. The Bertz CT molecular complexity index is 2260. The lowest BCUT2D eigenvalue weighted by Gasteiger charge is -2.24. The Morgan fingerprint density at radius 3 is 1.26 bits per heavy atom. The summed E-state index contributed by atoms with van der Waals surface area (Å²) in [4.78, 5) is 9.96. The van der Waals surface area contributed by atoms with E-state index in [9.17, 15) is 0 Å². The molecular formula is C42H40N4Si. The Balaban J connectivity index is 1.16. The molecule has 0 amide bonds. The van der Waals surface area contributed by atoms with E-state index in [0.29, 0.717) is 11.8 Å². The van der Waals surface area contributed by atoms with E-state index in [1.54, 1.807) is 0 Å². The summed E-state index contributed by atoms with van der Waals surface area (Å²) in [6.45, 7) is 13.8. The number of pyridine rings is 2. The highest BCUT2D eigenvalue weighted by Crippen LogP contribution is 2.34. The maximum absolute atomic E-state index is 4.98. The number of rotatable bonds is 6. The standard InChI is InChI=1S/C42H40N4Si/c1-27(2)29-23-37-35-11-7-9-13-39(35)45(41(37)43-25-29)31-15-19-33(20-16-31)47(5,6)34-21-17-32(18-22-34)46-40-14-10-8-12-36(40)38-24-30(28(3)4)26-44-42(38)46/h7-28H,1-6H3. The van der Waals surface area contributed by atoms with Crippen molar-refractivity contribution in [2.24, 2.45) is 0 Å². The zero-order valence-corrected chi connectivity index (χ0v) is 29.0. The van der Waals surface area contributed by atoms with Crippen molar-refractivity contribution >= 4 is 62.3 Å². The molecule has 0 bridgehead atoms. The Labute approximate surface area is 277 Å². The van der Waals surface area contributed by atoms with Gasteiger partial charge in [0.2, 0.25) is 0 Å². The molecule has 47 heavy (non-hydrogen) atoms. The molecule has 4 aromatic carbocycles. The molecule has 0 atom stereocenters. The van der Waals surface area contributed by atoms with Crippen LogP contribution in [0.15, 0.2) is 122 Å². The van der Waals surface area contributed by atoms with Crippen LogP contribution in [0.1, 0.15) is 50.7 Å². The second-order valence-corrected chi connectivity index (χ2v) is 18.4. The minimum Gasteiger partial charge on any atom is -0.294 e. The third-order valence-corrected chi connectivity index (χ3v) is 13.7. The maximum atomic E-state index is 4.98. The molecule has 0 radical (unpaired) electrons. The van der Waals surface area contributed by atoms with Crippen LogP contribution in [-0.4, -0.2) is 27.2 Å². The SMILES string of the molecule is CC(C)c1cnc2c(c1)c1ccccc1n2-c1ccc([Si](C)(C)c2ccc(-n3c4ccccc4c4cc(C(C)C)cnc43)cc2)cc1. The van der Waals surface area contributed by atoms with Gasteiger partial charge in [0.15, 0.2) is 0 Å². The van der Waals surface area contributed by atoms with Crippen LogP contribution in [0.5, 0.6) is 0 Å². The molecule has 4 nitrogen and oxygen atoms in total. The summed E-state index contributed by atoms with van der Waals surface area (Å²) in [6, 6.07) is 40.4. The summed E-state index contributed by atoms with van der Waals surface area (Å²) in [5.74, 6) is 0.872. The predicted octanol–water partition coefficient (Wildman–Crippen LogP) is 9.74. The van der Waals surface area contributed by atoms with Crippen molar-refractivity contribution < 1.29 is 0 Å². The lowest BCUT2D eigenvalue weighted by Crippen LogP contribution is -2.52. The zero-order valence-electron chi connectivity index (χ0n) is 28.0. The van der Waals surface area contributed by atoms with Gasteiger partial charge in [0.25, 0.3) is 0 Å². The van der Waals surface area contributed by atoms with Gasteiger partial charge in [-0.15, -0.1) is 0 Å². The largest absolute Gasteiger partial charge is 0.294 e. The first-order chi connectivity index (χ1) is 22.7. The van der Waals surface area contributed by atoms with Crippen LogP contribution in [0, 0.1) is 0 Å². The minimum absolute atomic E-state index is 0.436. The second kappa shape index (κ2) is 11.1. The summed E-state index contributed by atoms with van der Waals surface area (Å²) in [6.07, 6.45) is 4.07. The topological polar surface area (TPSA) is 35.6 Å². The highest BCUT2D eigenvalue weighted by Gasteiger charge is 2.27. The molecule has 0 saturated heterocycles. The van der Waals surface area contributed by atoms with E-state index in [1.165, 1.54) is 54.1 Å². The average Bonchev–Trinajstić information content (AvgIpc) is 3.60. The molecule has 0 fully saturated rings. The zero-order chi connectivity index (χ0) is 32.4. The summed E-state index contributed by atoms with van der Waals surface area (Å²) in [5.41, 5.74) is 9.22. The van der Waals surface area contributed by atoms with Gasteiger partial charge in [0.05, 0.1) is 11.0 Å². The molecule has 4 aromatic heterocycles. The van der Waals surface area contributed by atoms with Gasteiger partial charge >= 0.3 is 0 Å². The average molecular weight is 629 g/mol. The first-order valence-corrected chi connectivity index (χ1v) is 19.7. The Morgan fingerprint density at radius 2 is 0.872 bits per heavy atom. The second-order valence-electron chi connectivity index (χ2n) is 14.0. The molecule has 0 N–H and O–H groups in total. The van der Waals surface area contributed by atoms with Crippen molar-refractivity contribution in [3.05, 3.63) is 133 Å². The molecule has 0 aliphatic rings. The van der Waals surface area contributed by atoms with Gasteiger partial charge in [-0.2, -0.15) is 0 Å². The van der Waals surface area contributed by atoms with Gasteiger partial charge in [-0.1, -0.05) is 112 Å². The fraction of sp³-hybridized carbons (Fsp3) is 0.190. The number of hydrogen-bond acceptors (Lipinski definition) is 2. The maximum Gasteiger partial charge on any atom is 0.145 e. The molecule has 0 unspecified atom stereocenters. The van der Waals surface area contributed by atoms with E-state index in [4.69, 9.17) is 9.97 Å². The van der Waals surface area contributed by atoms with Gasteiger partial charge in [-0.05, 0) is 71.5 Å². The van der Waals surface area contributed by atoms with Crippen LogP contribution >= 0.6 is 0 Å². The molecule has 0 aliphatic carbocycles. The van der Waals surface area contributed by atoms with Gasteiger partial charge in [-0.25, -0.2) is 9.97 Å². The normalized spacial score (nSPS) is 12.4. The van der Waals surface area contributed by atoms with Crippen LogP contribution in [0.4, 0.5) is 0 Å². The van der Waals surface area contributed by atoms with Crippen LogP contribution < -0.4 is 10.4 Å². The molecule has 5 heteroatoms. The molecule has 0 saturated carbocycles. The van der Waals surface area contributed by atoms with Crippen molar-refractivity contribution in [3.63, 3.8) is 0 Å². The number of para-hydroxylation sites is 2. The van der Waals surface area contributed by atoms with Crippen molar-refractivity contribution in [1.29, 1.82) is 0 Å². The third kappa shape index (κ3) is 4.71. The first-order valence-electron chi connectivity index (χ1n) is 16.7. The Morgan fingerprint density at radius 1 is 0.489 bits per heavy atom. The summed E-state index contributed by atoms with van der Waals surface area (Å²) >= 11 is 0. The van der Waals surface area contributed by atoms with Gasteiger partial charge < -0.3 is 0 Å². The first kappa shape index (κ1) is 29.4. The minimum atomic E-state index is -1.98. The van der Waals surface area contributed by atoms with E-state index in [2.05, 4.69) is 159 Å². The number of hydrogen-bond donors (Lipinski definition) is 0. The summed E-state index contributed by atoms with van der Waals surface area (Å²) in [5, 5.41) is 7.73.